The van der Waals surface area contributed by atoms with Crippen LogP contribution >= 0.6 is 0 Å². The molecule has 0 spiro atoms. The van der Waals surface area contributed by atoms with Gasteiger partial charge in [0.15, 0.2) is 135 Å². The third kappa shape index (κ3) is 12.9. The SMILES string of the molecule is C=Cc1c(F)c(F)c([B-](c2c(F)c(F)c(F)c(F)c2F)(c2c(F)c(F)c(F)c(F)c2F)c2c(F)c(F)c(F)c(F)c2F)c(F)c1F.C=Cc1c(F)c(F)c([B-](c2c(F)c(F)c(F)c(F)c2F)(c2c(F)c(F)c(F)c(F)c2F)c2c(F)c(F)c(F)c(F)c2F)c(F)c1F.[Na+].c1ccc([I+]c2ccccc2)cc1. The fraction of sp³-hybridized carbons (Fsp3) is 0. The molecule has 0 radical (unpaired) electrons. The van der Waals surface area contributed by atoms with Gasteiger partial charge in [-0.2, -0.15) is 0 Å². The number of rotatable bonds is 12. The van der Waals surface area contributed by atoms with Gasteiger partial charge in [-0.25, -0.2) is 167 Å². The summed E-state index contributed by atoms with van der Waals surface area (Å²) in [6, 6.07) is 21.4. The van der Waals surface area contributed by atoms with E-state index in [4.69, 9.17) is 0 Å². The minimum absolute atomic E-state index is 0. The fourth-order valence-electron chi connectivity index (χ4n) is 11.3. The second-order valence-electron chi connectivity index (χ2n) is 20.9. The second-order valence-corrected chi connectivity index (χ2v) is 23.9. The number of hydrogen-bond acceptors (Lipinski definition) is 0. The predicted octanol–water partition coefficient (Wildman–Crippen LogP) is 9.52. The Kier molecular flexibility index (Phi) is 24.9. The van der Waals surface area contributed by atoms with Crippen molar-refractivity contribution in [2.45, 2.75) is 0 Å². The van der Waals surface area contributed by atoms with Gasteiger partial charge in [0, 0.05) is 0 Å². The van der Waals surface area contributed by atoms with Gasteiger partial charge in [-0.3, -0.25) is 0 Å². The first-order valence-electron chi connectivity index (χ1n) is 27.1. The molecular weight excluding hydrogens is 1660 g/mol. The summed E-state index contributed by atoms with van der Waals surface area (Å²) in [5.74, 6) is -131. The molecule has 10 aromatic carbocycles. The standard InChI is InChI=1S/2C26H3BF19.C12H10I.Na/c2*1-2-3-8(28)10(30)4(11(31)9(3)29)27(5-12(32)18(38)24(44)19(39)13(5)33,6-14(34)20(40)25(45)21(41)15(6)35)7-16(36)22(42)26(46)23(43)17(7)37;1-3-7-11(8-4-1)13-12-9-5-2-6-10-12;/h2*2H,1H2;1-10H;/q2*-1;2*+1. The molecule has 0 N–H and O–H groups in total. The van der Waals surface area contributed by atoms with Gasteiger partial charge in [-0.1, -0.05) is 61.7 Å². The average molecular weight is 1680 g/mol. The van der Waals surface area contributed by atoms with Gasteiger partial charge in [0.25, 0.3) is 0 Å². The van der Waals surface area contributed by atoms with Crippen molar-refractivity contribution in [3.63, 3.8) is 0 Å². The van der Waals surface area contributed by atoms with Crippen molar-refractivity contribution in [2.75, 3.05) is 0 Å². The van der Waals surface area contributed by atoms with Crippen molar-refractivity contribution in [3.8, 4) is 0 Å². The summed E-state index contributed by atoms with van der Waals surface area (Å²) >= 11 is 0.0287. The number of halogens is 39. The third-order valence-corrected chi connectivity index (χ3v) is 18.4. The van der Waals surface area contributed by atoms with Crippen molar-refractivity contribution in [1.82, 2.24) is 0 Å². The molecule has 0 atom stereocenters. The molecule has 0 aliphatic carbocycles. The van der Waals surface area contributed by atoms with Crippen LogP contribution in [0.4, 0.5) is 167 Å². The van der Waals surface area contributed by atoms with Gasteiger partial charge in [0.1, 0.15) is 105 Å². The molecule has 0 heterocycles. The van der Waals surface area contributed by atoms with Crippen LogP contribution in [0.3, 0.4) is 0 Å². The van der Waals surface area contributed by atoms with Crippen LogP contribution in [0.1, 0.15) is 11.1 Å². The zero-order valence-corrected chi connectivity index (χ0v) is 54.4. The first-order valence-corrected chi connectivity index (χ1v) is 29.2. The predicted molar refractivity (Wildman–Crippen MR) is 289 cm³/mol. The molecule has 106 heavy (non-hydrogen) atoms. The maximum Gasteiger partial charge on any atom is 1.00 e. The molecule has 0 aliphatic rings. The normalized spacial score (nSPS) is 11.5. The van der Waals surface area contributed by atoms with Gasteiger partial charge in [0.2, 0.25) is 0 Å². The molecular formula is C64H16B2F38INa. The monoisotopic (exact) mass is 1680 g/mol. The zero-order valence-electron chi connectivity index (χ0n) is 50.2. The summed E-state index contributed by atoms with van der Waals surface area (Å²) in [5, 5.41) is 0. The Morgan fingerprint density at radius 1 is 0.179 bits per heavy atom. The zero-order chi connectivity index (χ0) is 79.1. The first-order chi connectivity index (χ1) is 48.9. The van der Waals surface area contributed by atoms with E-state index in [1.807, 2.05) is 0 Å². The van der Waals surface area contributed by atoms with Crippen LogP contribution in [0.2, 0.25) is 0 Å². The molecule has 552 valence electrons. The van der Waals surface area contributed by atoms with Crippen LogP contribution in [0.15, 0.2) is 73.8 Å². The summed E-state index contributed by atoms with van der Waals surface area (Å²) in [5.41, 5.74) is -31.6. The van der Waals surface area contributed by atoms with E-state index in [0.717, 1.165) is 0 Å². The summed E-state index contributed by atoms with van der Waals surface area (Å²) in [4.78, 5) is 0. The average Bonchev–Trinajstić information content (AvgIpc) is 0.687. The number of hydrogen-bond donors (Lipinski definition) is 0. The van der Waals surface area contributed by atoms with Crippen molar-refractivity contribution < 1.29 is 218 Å². The Morgan fingerprint density at radius 2 is 0.292 bits per heavy atom. The molecule has 10 rings (SSSR count). The fourth-order valence-corrected chi connectivity index (χ4v) is 13.5. The molecule has 0 fully saturated rings. The molecule has 0 saturated heterocycles. The van der Waals surface area contributed by atoms with Crippen molar-refractivity contribution in [2.24, 2.45) is 0 Å². The summed E-state index contributed by atoms with van der Waals surface area (Å²) in [6.07, 6.45) is -14.4. The van der Waals surface area contributed by atoms with E-state index in [1.54, 1.807) is 0 Å². The largest absolute Gasteiger partial charge is 1.00 e. The smallest absolute Gasteiger partial charge is 0.207 e. The minimum atomic E-state index is -7.09. The topological polar surface area (TPSA) is 0 Å². The minimum Gasteiger partial charge on any atom is -0.207 e. The van der Waals surface area contributed by atoms with E-state index in [2.05, 4.69) is 73.8 Å². The van der Waals surface area contributed by atoms with Crippen LogP contribution in [0.25, 0.3) is 12.2 Å². The first kappa shape index (κ1) is 84.1. The Bertz CT molecular complexity index is 4440. The van der Waals surface area contributed by atoms with Crippen LogP contribution < -0.4 is 94.5 Å². The molecule has 0 saturated carbocycles. The van der Waals surface area contributed by atoms with Gasteiger partial charge in [-0.05, 0) is 24.3 Å². The quantitative estimate of drug-likeness (QED) is 0.0377. The molecule has 0 nitrogen and oxygen atoms in total. The maximum atomic E-state index is 15.7. The number of benzene rings is 10. The van der Waals surface area contributed by atoms with E-state index in [-0.39, 0.29) is 62.9 Å². The van der Waals surface area contributed by atoms with E-state index >= 15 is 87.8 Å². The maximum absolute atomic E-state index is 15.7. The molecule has 0 unspecified atom stereocenters. The Morgan fingerprint density at radius 3 is 0.415 bits per heavy atom. The van der Waals surface area contributed by atoms with Gasteiger partial charge >= 0.3 is 50.8 Å². The van der Waals surface area contributed by atoms with Crippen LogP contribution in [0, 0.1) is 228 Å². The second kappa shape index (κ2) is 31.4. The van der Waals surface area contributed by atoms with Crippen LogP contribution in [-0.4, -0.2) is 12.3 Å². The summed E-state index contributed by atoms with van der Waals surface area (Å²) in [6.45, 7) is 5.39. The van der Waals surface area contributed by atoms with Gasteiger partial charge in [0.05, 0.1) is 11.1 Å². The van der Waals surface area contributed by atoms with E-state index in [0.29, 0.717) is 0 Å². The van der Waals surface area contributed by atoms with Crippen LogP contribution in [-0.2, 0) is 0 Å². The Balaban J connectivity index is 0.000000250. The molecule has 0 bridgehead atoms. The summed E-state index contributed by atoms with van der Waals surface area (Å²) in [7, 11) is 0. The Hall–Kier alpha value is -9.12. The van der Waals surface area contributed by atoms with E-state index in [9.17, 15) is 79.0 Å². The van der Waals surface area contributed by atoms with Gasteiger partial charge < -0.3 is 0 Å². The Labute approximate surface area is 595 Å². The van der Waals surface area contributed by atoms with E-state index in [1.165, 1.54) is 7.14 Å². The van der Waals surface area contributed by atoms with Crippen LogP contribution in [0.5, 0.6) is 0 Å². The molecule has 10 aromatic rings. The summed E-state index contributed by atoms with van der Waals surface area (Å²) < 4.78 is 570. The molecule has 0 aromatic heterocycles. The van der Waals surface area contributed by atoms with Crippen molar-refractivity contribution in [1.29, 1.82) is 0 Å². The van der Waals surface area contributed by atoms with Gasteiger partial charge in [-0.15, -0.1) is 43.7 Å². The molecule has 0 amide bonds. The van der Waals surface area contributed by atoms with Crippen molar-refractivity contribution in [3.05, 3.63) is 313 Å². The van der Waals surface area contributed by atoms with E-state index < -0.39 is 288 Å². The van der Waals surface area contributed by atoms with Crippen molar-refractivity contribution >= 4 is 68.1 Å². The third-order valence-electron chi connectivity index (χ3n) is 15.7. The molecule has 42 heteroatoms. The molecule has 0 aliphatic heterocycles.